The molecule has 1 aliphatic rings. The van der Waals surface area contributed by atoms with E-state index in [4.69, 9.17) is 18.9 Å². The summed E-state index contributed by atoms with van der Waals surface area (Å²) in [6.07, 6.45) is 0.420. The van der Waals surface area contributed by atoms with Gasteiger partial charge in [-0.25, -0.2) is 9.59 Å². The van der Waals surface area contributed by atoms with Gasteiger partial charge in [-0.1, -0.05) is 46.3 Å². The van der Waals surface area contributed by atoms with Gasteiger partial charge in [-0.05, 0) is 61.4 Å². The monoisotopic (exact) mass is 652 g/mol. The van der Waals surface area contributed by atoms with E-state index in [0.29, 0.717) is 41.7 Å². The van der Waals surface area contributed by atoms with Gasteiger partial charge in [-0.3, -0.25) is 5.43 Å². The molecule has 2 amide bonds. The highest BCUT2D eigenvalue weighted by Crippen LogP contribution is 2.35. The number of ether oxygens (including phenoxy) is 4. The number of nitrogens with one attached hydrogen (secondary N) is 3. The quantitative estimate of drug-likeness (QED) is 0.0913. The number of hydrogen-bond acceptors (Lipinski definition) is 9. The second-order valence-electron chi connectivity index (χ2n) is 9.37. The lowest BCUT2D eigenvalue weighted by atomic mass is 9.95. The molecule has 3 aromatic carbocycles. The maximum Gasteiger partial charge on any atom is 0.337 e. The van der Waals surface area contributed by atoms with Crippen LogP contribution in [0.15, 0.2) is 87.6 Å². The summed E-state index contributed by atoms with van der Waals surface area (Å²) in [6, 6.07) is 19.1. The van der Waals surface area contributed by atoms with Gasteiger partial charge in [0, 0.05) is 15.7 Å². The third-order valence-corrected chi connectivity index (χ3v) is 6.85. The first kappa shape index (κ1) is 31.4. The second kappa shape index (κ2) is 15.1. The van der Waals surface area contributed by atoms with Gasteiger partial charge in [-0.15, -0.1) is 0 Å². The zero-order chi connectivity index (χ0) is 30.8. The third-order valence-electron chi connectivity index (χ3n) is 6.33. The van der Waals surface area contributed by atoms with Crippen molar-refractivity contribution >= 4 is 34.1 Å². The number of urea groups is 1. The van der Waals surface area contributed by atoms with Crippen molar-refractivity contribution in [2.24, 2.45) is 5.10 Å². The number of nitrogens with zero attached hydrogens (tertiary/aromatic N) is 1. The molecule has 1 heterocycles. The molecule has 0 saturated carbocycles. The minimum absolute atomic E-state index is 0.144. The Bertz CT molecular complexity index is 1490. The Hall–Kier alpha value is -4.55. The van der Waals surface area contributed by atoms with Crippen LogP contribution in [0.3, 0.4) is 0 Å². The van der Waals surface area contributed by atoms with E-state index in [9.17, 15) is 14.7 Å². The maximum absolute atomic E-state index is 12.4. The first-order valence-corrected chi connectivity index (χ1v) is 14.3. The molecule has 43 heavy (non-hydrogen) atoms. The summed E-state index contributed by atoms with van der Waals surface area (Å²) in [7, 11) is 1.28. The predicted octanol–water partition coefficient (Wildman–Crippen LogP) is 4.55. The number of amides is 2. The molecule has 1 aliphatic heterocycles. The Morgan fingerprint density at radius 2 is 1.84 bits per heavy atom. The van der Waals surface area contributed by atoms with Gasteiger partial charge in [0.15, 0.2) is 17.7 Å². The molecule has 11 nitrogen and oxygen atoms in total. The Morgan fingerprint density at radius 3 is 2.58 bits per heavy atom. The molecule has 0 bridgehead atoms. The van der Waals surface area contributed by atoms with E-state index in [1.165, 1.54) is 7.11 Å². The number of carbonyl (C=O) groups is 2. The summed E-state index contributed by atoms with van der Waals surface area (Å²) in [4.78, 5) is 24.6. The number of aliphatic hydroxyl groups excluding tert-OH is 1. The molecular weight excluding hydrogens is 620 g/mol. The highest BCUT2D eigenvalue weighted by Gasteiger charge is 2.32. The highest BCUT2D eigenvalue weighted by atomic mass is 79.9. The fraction of sp³-hybridized carbons (Fsp3) is 0.258. The van der Waals surface area contributed by atoms with E-state index in [1.54, 1.807) is 31.3 Å². The number of halogens is 1. The largest absolute Gasteiger partial charge is 0.490 e. The summed E-state index contributed by atoms with van der Waals surface area (Å²) in [6.45, 7) is 4.04. The van der Waals surface area contributed by atoms with Crippen LogP contribution in [-0.4, -0.2) is 49.9 Å². The van der Waals surface area contributed by atoms with Crippen molar-refractivity contribution in [3.8, 4) is 17.2 Å². The van der Waals surface area contributed by atoms with Crippen molar-refractivity contribution < 1.29 is 33.6 Å². The van der Waals surface area contributed by atoms with Crippen molar-refractivity contribution in [3.05, 3.63) is 99.2 Å². The summed E-state index contributed by atoms with van der Waals surface area (Å²) < 4.78 is 23.4. The number of methoxy groups -OCH3 is 1. The minimum atomic E-state index is -1.14. The Kier molecular flexibility index (Phi) is 11.0. The summed E-state index contributed by atoms with van der Waals surface area (Å²) in [5, 5.41) is 19.9. The van der Waals surface area contributed by atoms with Gasteiger partial charge in [0.2, 0.25) is 0 Å². The molecule has 0 aromatic heterocycles. The number of rotatable bonds is 13. The predicted molar refractivity (Wildman–Crippen MR) is 164 cm³/mol. The highest BCUT2D eigenvalue weighted by molar-refractivity contribution is 9.10. The standard InChI is InChI=1S/C31H33BrN4O7/c1-4-41-26-15-21(29-28(30(38)40-3)19(2)34-31(39)35-29)11-14-25(26)43-18-27(37)36-33-16-22-7-5-6-8-24(22)42-17-20-9-12-23(32)13-10-20/h5-16,27,29,36-37H,4,17-18H2,1-3H3,(H2,34,35,39)/b33-16-/t27-,29-/m1/s1. The first-order chi connectivity index (χ1) is 20.8. The molecule has 2 atom stereocenters. The lowest BCUT2D eigenvalue weighted by molar-refractivity contribution is -0.136. The Balaban J connectivity index is 1.38. The average Bonchev–Trinajstić information content (AvgIpc) is 3.00. The molecule has 226 valence electrons. The molecule has 4 N–H and O–H groups in total. The second-order valence-corrected chi connectivity index (χ2v) is 10.3. The minimum Gasteiger partial charge on any atom is -0.490 e. The number of benzene rings is 3. The molecule has 0 aliphatic carbocycles. The van der Waals surface area contributed by atoms with E-state index >= 15 is 0 Å². The third kappa shape index (κ3) is 8.49. The molecule has 0 fully saturated rings. The van der Waals surface area contributed by atoms with E-state index < -0.39 is 24.3 Å². The summed E-state index contributed by atoms with van der Waals surface area (Å²) in [5.74, 6) is 0.820. The molecular formula is C31H33BrN4O7. The van der Waals surface area contributed by atoms with Gasteiger partial charge in [0.05, 0.1) is 31.5 Å². The first-order valence-electron chi connectivity index (χ1n) is 13.5. The Morgan fingerprint density at radius 1 is 1.07 bits per heavy atom. The van der Waals surface area contributed by atoms with Crippen molar-refractivity contribution in [1.82, 2.24) is 16.1 Å². The molecule has 0 unspecified atom stereocenters. The topological polar surface area (TPSA) is 140 Å². The number of allylic oxidation sites excluding steroid dienone is 1. The van der Waals surface area contributed by atoms with Crippen LogP contribution >= 0.6 is 15.9 Å². The summed E-state index contributed by atoms with van der Waals surface area (Å²) >= 11 is 3.43. The number of aliphatic hydroxyl groups is 1. The maximum atomic E-state index is 12.4. The van der Waals surface area contributed by atoms with Crippen LogP contribution in [0.25, 0.3) is 0 Å². The van der Waals surface area contributed by atoms with E-state index in [2.05, 4.69) is 37.1 Å². The smallest absolute Gasteiger partial charge is 0.337 e. The van der Waals surface area contributed by atoms with Crippen LogP contribution in [0.4, 0.5) is 4.79 Å². The van der Waals surface area contributed by atoms with Crippen LogP contribution in [0, 0.1) is 0 Å². The van der Waals surface area contributed by atoms with Crippen LogP contribution in [0.5, 0.6) is 17.2 Å². The van der Waals surface area contributed by atoms with E-state index in [0.717, 1.165) is 15.6 Å². The zero-order valence-electron chi connectivity index (χ0n) is 23.9. The molecule has 4 rings (SSSR count). The van der Waals surface area contributed by atoms with Gasteiger partial charge in [-0.2, -0.15) is 5.10 Å². The van der Waals surface area contributed by atoms with Gasteiger partial charge in [0.1, 0.15) is 19.0 Å². The fourth-order valence-electron chi connectivity index (χ4n) is 4.28. The molecule has 3 aromatic rings. The van der Waals surface area contributed by atoms with Crippen LogP contribution in [0.2, 0.25) is 0 Å². The molecule has 0 spiro atoms. The van der Waals surface area contributed by atoms with Gasteiger partial charge in [0.25, 0.3) is 0 Å². The van der Waals surface area contributed by atoms with Crippen LogP contribution < -0.4 is 30.3 Å². The number of para-hydroxylation sites is 1. The number of hydrogen-bond donors (Lipinski definition) is 4. The van der Waals surface area contributed by atoms with Crippen molar-refractivity contribution in [1.29, 1.82) is 0 Å². The normalized spacial score (nSPS) is 15.4. The molecule has 0 saturated heterocycles. The van der Waals surface area contributed by atoms with Gasteiger partial charge < -0.3 is 34.7 Å². The number of hydrazone groups is 1. The number of carbonyl (C=O) groups excluding carboxylic acids is 2. The van der Waals surface area contributed by atoms with Crippen molar-refractivity contribution in [2.75, 3.05) is 20.3 Å². The lowest BCUT2D eigenvalue weighted by Gasteiger charge is -2.28. The molecule has 12 heteroatoms. The average molecular weight is 654 g/mol. The zero-order valence-corrected chi connectivity index (χ0v) is 25.5. The number of esters is 1. The van der Waals surface area contributed by atoms with E-state index in [1.807, 2.05) is 55.5 Å². The van der Waals surface area contributed by atoms with Crippen LogP contribution in [-0.2, 0) is 16.1 Å². The van der Waals surface area contributed by atoms with E-state index in [-0.39, 0.29) is 12.2 Å². The SMILES string of the molecule is CCOc1cc([C@H]2NC(=O)NC(C)=C2C(=O)OC)ccc1OC[C@@H](O)N/N=C\c1ccccc1OCc1ccc(Br)cc1. The van der Waals surface area contributed by atoms with Crippen LogP contribution in [0.1, 0.15) is 36.6 Å². The van der Waals surface area contributed by atoms with Crippen molar-refractivity contribution in [3.63, 3.8) is 0 Å². The summed E-state index contributed by atoms with van der Waals surface area (Å²) in [5.41, 5.74) is 5.66. The van der Waals surface area contributed by atoms with Crippen molar-refractivity contribution in [2.45, 2.75) is 32.7 Å². The Labute approximate surface area is 258 Å². The van der Waals surface area contributed by atoms with Gasteiger partial charge >= 0.3 is 12.0 Å². The lowest BCUT2D eigenvalue weighted by Crippen LogP contribution is -2.45. The molecule has 0 radical (unpaired) electrons. The fourth-order valence-corrected chi connectivity index (χ4v) is 4.54.